The molecule has 1 aliphatic rings. The van der Waals surface area contributed by atoms with Crippen LogP contribution in [-0.4, -0.2) is 24.1 Å². The Morgan fingerprint density at radius 2 is 0.554 bits per heavy atom. The highest BCUT2D eigenvalue weighted by molar-refractivity contribution is 6.11. The summed E-state index contributed by atoms with van der Waals surface area (Å²) in [4.78, 5) is 16.4. The quantitative estimate of drug-likeness (QED) is 0.183. The third kappa shape index (κ3) is 4.39. The monoisotopic (exact) mass is 713 g/mol. The van der Waals surface area contributed by atoms with Crippen molar-refractivity contribution in [3.05, 3.63) is 188 Å². The number of rotatable bonds is 3. The van der Waals surface area contributed by atoms with Crippen molar-refractivity contribution >= 4 is 43.6 Å². The fraction of sp³-hybridized carbons (Fsp3) is 0. The van der Waals surface area contributed by atoms with Gasteiger partial charge in [0.2, 0.25) is 11.9 Å². The molecule has 0 unspecified atom stereocenters. The first-order valence-corrected chi connectivity index (χ1v) is 19.0. The van der Waals surface area contributed by atoms with Crippen molar-refractivity contribution in [1.29, 1.82) is 0 Å². The summed E-state index contributed by atoms with van der Waals surface area (Å²) in [5.41, 5.74) is 14.4. The third-order valence-electron chi connectivity index (χ3n) is 11.4. The Morgan fingerprint density at radius 1 is 0.250 bits per heavy atom. The van der Waals surface area contributed by atoms with Crippen LogP contribution in [-0.2, 0) is 0 Å². The molecule has 3 aromatic heterocycles. The molecule has 0 saturated heterocycles. The van der Waals surface area contributed by atoms with Gasteiger partial charge in [0, 0.05) is 32.7 Å². The minimum Gasteiger partial charge on any atom is -0.278 e. The lowest BCUT2D eigenvalue weighted by atomic mass is 9.79. The predicted molar refractivity (Wildman–Crippen MR) is 229 cm³/mol. The average molecular weight is 714 g/mol. The van der Waals surface area contributed by atoms with Crippen molar-refractivity contribution in [1.82, 2.24) is 24.1 Å². The Morgan fingerprint density at radius 3 is 0.982 bits per heavy atom. The van der Waals surface area contributed by atoms with Gasteiger partial charge in [0.1, 0.15) is 0 Å². The first-order valence-electron chi connectivity index (χ1n) is 19.0. The summed E-state index contributed by atoms with van der Waals surface area (Å²) in [6.45, 7) is 0. The van der Waals surface area contributed by atoms with Gasteiger partial charge in [-0.3, -0.25) is 9.13 Å². The lowest BCUT2D eigenvalue weighted by Crippen LogP contribution is -2.11. The Balaban J connectivity index is 1.23. The lowest BCUT2D eigenvalue weighted by Gasteiger charge is -2.24. The molecule has 3 heterocycles. The van der Waals surface area contributed by atoms with E-state index in [2.05, 4.69) is 197 Å². The van der Waals surface area contributed by atoms with E-state index in [1.165, 1.54) is 27.8 Å². The van der Waals surface area contributed by atoms with Crippen molar-refractivity contribution in [2.75, 3.05) is 0 Å². The van der Waals surface area contributed by atoms with E-state index >= 15 is 0 Å². The molecular formula is C51H31N5. The third-order valence-corrected chi connectivity index (χ3v) is 11.4. The zero-order chi connectivity index (χ0) is 36.7. The fourth-order valence-corrected chi connectivity index (χ4v) is 9.05. The van der Waals surface area contributed by atoms with Gasteiger partial charge in [-0.25, -0.2) is 0 Å². The summed E-state index contributed by atoms with van der Waals surface area (Å²) in [5, 5.41) is 4.60. The zero-order valence-corrected chi connectivity index (χ0v) is 30.1. The van der Waals surface area contributed by atoms with Gasteiger partial charge in [0.15, 0.2) is 5.82 Å². The van der Waals surface area contributed by atoms with Gasteiger partial charge in [-0.2, -0.15) is 15.0 Å². The zero-order valence-electron chi connectivity index (χ0n) is 30.1. The van der Waals surface area contributed by atoms with Crippen LogP contribution in [0.15, 0.2) is 188 Å². The molecule has 1 aliphatic carbocycles. The summed E-state index contributed by atoms with van der Waals surface area (Å²) in [6, 6.07) is 66.8. The van der Waals surface area contributed by atoms with Gasteiger partial charge in [-0.15, -0.1) is 0 Å². The van der Waals surface area contributed by atoms with Gasteiger partial charge in [0.25, 0.3) is 0 Å². The van der Waals surface area contributed by atoms with Crippen molar-refractivity contribution in [3.8, 4) is 67.8 Å². The van der Waals surface area contributed by atoms with Crippen molar-refractivity contribution < 1.29 is 0 Å². The van der Waals surface area contributed by atoms with Gasteiger partial charge in [0.05, 0.1) is 22.1 Å². The van der Waals surface area contributed by atoms with Crippen LogP contribution in [0.4, 0.5) is 0 Å². The van der Waals surface area contributed by atoms with Crippen molar-refractivity contribution in [3.63, 3.8) is 0 Å². The average Bonchev–Trinajstić information content (AvgIpc) is 3.79. The molecule has 5 heteroatoms. The smallest absolute Gasteiger partial charge is 0.240 e. The molecule has 0 spiro atoms. The van der Waals surface area contributed by atoms with Crippen LogP contribution >= 0.6 is 0 Å². The van der Waals surface area contributed by atoms with E-state index in [1.54, 1.807) is 0 Å². The Bertz CT molecular complexity index is 3140. The van der Waals surface area contributed by atoms with Crippen LogP contribution in [0.1, 0.15) is 0 Å². The molecule has 0 saturated carbocycles. The van der Waals surface area contributed by atoms with Crippen LogP contribution in [0.5, 0.6) is 0 Å². The predicted octanol–water partition coefficient (Wildman–Crippen LogP) is 12.7. The summed E-state index contributed by atoms with van der Waals surface area (Å²) >= 11 is 0. The Kier molecular flexibility index (Phi) is 6.56. The first kappa shape index (κ1) is 30.8. The molecule has 0 atom stereocenters. The topological polar surface area (TPSA) is 48.5 Å². The number of nitrogens with zero attached hydrogens (tertiary/aromatic N) is 5. The number of para-hydroxylation sites is 4. The maximum atomic E-state index is 5.48. The summed E-state index contributed by atoms with van der Waals surface area (Å²) in [7, 11) is 0. The van der Waals surface area contributed by atoms with Crippen LogP contribution in [0.25, 0.3) is 111 Å². The number of fused-ring (bicyclic) bond motifs is 14. The molecule has 0 N–H and O–H groups in total. The van der Waals surface area contributed by atoms with E-state index in [4.69, 9.17) is 15.0 Å². The number of benzene rings is 8. The minimum absolute atomic E-state index is 0.562. The van der Waals surface area contributed by atoms with Gasteiger partial charge in [-0.05, 0) is 63.2 Å². The number of hydrogen-bond donors (Lipinski definition) is 0. The number of hydrogen-bond acceptors (Lipinski definition) is 3. The highest BCUT2D eigenvalue weighted by Gasteiger charge is 2.26. The highest BCUT2D eigenvalue weighted by atomic mass is 15.3. The van der Waals surface area contributed by atoms with Crippen LogP contribution in [0, 0.1) is 0 Å². The molecule has 11 aromatic rings. The van der Waals surface area contributed by atoms with Crippen molar-refractivity contribution in [2.45, 2.75) is 0 Å². The molecule has 0 amide bonds. The van der Waals surface area contributed by atoms with Gasteiger partial charge < -0.3 is 0 Å². The van der Waals surface area contributed by atoms with E-state index in [0.29, 0.717) is 17.7 Å². The number of aromatic nitrogens is 5. The molecular weight excluding hydrogens is 683 g/mol. The highest BCUT2D eigenvalue weighted by Crippen LogP contribution is 2.50. The van der Waals surface area contributed by atoms with Gasteiger partial charge >= 0.3 is 0 Å². The van der Waals surface area contributed by atoms with E-state index in [9.17, 15) is 0 Å². The molecule has 56 heavy (non-hydrogen) atoms. The Labute approximate surface area is 322 Å². The lowest BCUT2D eigenvalue weighted by molar-refractivity contribution is 0.893. The second kappa shape index (κ2) is 11.9. The molecule has 5 nitrogen and oxygen atoms in total. The first-order chi connectivity index (χ1) is 27.8. The molecule has 8 aromatic carbocycles. The maximum absolute atomic E-state index is 5.48. The van der Waals surface area contributed by atoms with E-state index in [0.717, 1.165) is 65.9 Å². The van der Waals surface area contributed by atoms with Gasteiger partial charge in [-0.1, -0.05) is 164 Å². The molecule has 12 rings (SSSR count). The van der Waals surface area contributed by atoms with E-state index < -0.39 is 0 Å². The van der Waals surface area contributed by atoms with Crippen LogP contribution < -0.4 is 0 Å². The van der Waals surface area contributed by atoms with Crippen molar-refractivity contribution in [2.24, 2.45) is 0 Å². The largest absolute Gasteiger partial charge is 0.278 e. The minimum atomic E-state index is 0.562. The molecule has 0 aliphatic heterocycles. The second-order valence-corrected chi connectivity index (χ2v) is 14.4. The fourth-order valence-electron chi connectivity index (χ4n) is 9.05. The Hall–Kier alpha value is -7.63. The van der Waals surface area contributed by atoms with Crippen LogP contribution in [0.2, 0.25) is 0 Å². The summed E-state index contributed by atoms with van der Waals surface area (Å²) in [6.07, 6.45) is 0. The molecule has 0 fully saturated rings. The normalized spacial score (nSPS) is 11.9. The van der Waals surface area contributed by atoms with E-state index in [-0.39, 0.29) is 0 Å². The SMILES string of the molecule is c1ccc2c(c1)-c1ccccc1-c1cccc(-c3nc(-n4c5ccccc5c5ccccc54)nc(-n4c5ccccc5c5ccccc54)n3)c1-c1ccccc1-2. The summed E-state index contributed by atoms with van der Waals surface area (Å²) < 4.78 is 4.39. The van der Waals surface area contributed by atoms with E-state index in [1.807, 2.05) is 0 Å². The second-order valence-electron chi connectivity index (χ2n) is 14.4. The summed E-state index contributed by atoms with van der Waals surface area (Å²) in [5.74, 6) is 1.73. The molecule has 0 bridgehead atoms. The molecule has 260 valence electrons. The standard InChI is InChI=1S/C51H31N5/c1-2-17-33-32(16-1)34-18-3-4-19-36(34)42-26-15-27-43(48(42)41-25-6-5-20-35(33)41)49-52-50(55-44-28-11-7-21-37(44)38-22-8-12-29-45(38)55)54-51(53-49)56-46-30-13-9-23-39(46)40-24-10-14-31-47(40)56/h1-31H. The maximum Gasteiger partial charge on any atom is 0.240 e. The van der Waals surface area contributed by atoms with Crippen LogP contribution in [0.3, 0.4) is 0 Å². The molecule has 0 radical (unpaired) electrons.